The van der Waals surface area contributed by atoms with E-state index in [9.17, 15) is 24.3 Å². The smallest absolute Gasteiger partial charge is 0.326 e. The van der Waals surface area contributed by atoms with Crippen molar-refractivity contribution in [2.45, 2.75) is 109 Å². The highest BCUT2D eigenvalue weighted by atomic mass is 35.5. The summed E-state index contributed by atoms with van der Waals surface area (Å²) in [6.07, 6.45) is 34.4. The summed E-state index contributed by atoms with van der Waals surface area (Å²) in [5, 5.41) is 18.7. The molecule has 3 amide bonds. The lowest BCUT2D eigenvalue weighted by atomic mass is 10.1. The third-order valence-corrected chi connectivity index (χ3v) is 8.88. The lowest BCUT2D eigenvalue weighted by Crippen LogP contribution is -2.52. The van der Waals surface area contributed by atoms with Crippen molar-refractivity contribution in [1.29, 1.82) is 0 Å². The molecule has 2 aromatic rings. The van der Waals surface area contributed by atoms with Crippen molar-refractivity contribution < 1.29 is 29.0 Å². The van der Waals surface area contributed by atoms with Crippen molar-refractivity contribution in [3.05, 3.63) is 138 Å². The molecular weight excluding hydrogens is 738 g/mol. The van der Waals surface area contributed by atoms with Crippen LogP contribution in [0.1, 0.15) is 107 Å². The molecule has 0 saturated heterocycles. The van der Waals surface area contributed by atoms with Crippen molar-refractivity contribution in [1.82, 2.24) is 16.0 Å². The summed E-state index contributed by atoms with van der Waals surface area (Å²) in [5.41, 5.74) is 0.160. The number of carbonyl (C=O) groups is 4. The molecule has 0 bridgehead atoms. The highest BCUT2D eigenvalue weighted by molar-refractivity contribution is 6.30. The van der Waals surface area contributed by atoms with Gasteiger partial charge in [0.25, 0.3) is 11.8 Å². The number of unbranched alkanes of at least 4 members (excludes halogenated alkanes) is 1. The molecular formula is C47H62ClN3O6. The van der Waals surface area contributed by atoms with Gasteiger partial charge >= 0.3 is 5.97 Å². The summed E-state index contributed by atoms with van der Waals surface area (Å²) in [4.78, 5) is 49.5. The summed E-state index contributed by atoms with van der Waals surface area (Å²) in [6, 6.07) is 12.7. The molecule has 4 N–H and O–H groups in total. The number of allylic oxidation sites excluding steroid dienone is 12. The fourth-order valence-corrected chi connectivity index (χ4v) is 5.45. The molecule has 2 aromatic carbocycles. The van der Waals surface area contributed by atoms with Gasteiger partial charge in [-0.1, -0.05) is 104 Å². The van der Waals surface area contributed by atoms with Gasteiger partial charge in [-0.05, 0) is 126 Å². The fourth-order valence-electron chi connectivity index (χ4n) is 5.32. The minimum Gasteiger partial charge on any atom is -0.480 e. The summed E-state index contributed by atoms with van der Waals surface area (Å²) in [6.45, 7) is 6.17. The average molecular weight is 800 g/mol. The second kappa shape index (κ2) is 29.1. The molecule has 9 nitrogen and oxygen atoms in total. The molecule has 1 unspecified atom stereocenters. The number of carboxylic acids is 1. The average Bonchev–Trinajstić information content (AvgIpc) is 3.18. The van der Waals surface area contributed by atoms with Crippen LogP contribution in [-0.2, 0) is 20.8 Å². The van der Waals surface area contributed by atoms with Gasteiger partial charge in [0, 0.05) is 30.1 Å². The van der Waals surface area contributed by atoms with Crippen molar-refractivity contribution in [2.75, 3.05) is 13.1 Å². The Kier molecular flexibility index (Phi) is 24.5. The van der Waals surface area contributed by atoms with Gasteiger partial charge in [-0.15, -0.1) is 0 Å². The predicted molar refractivity (Wildman–Crippen MR) is 233 cm³/mol. The van der Waals surface area contributed by atoms with E-state index >= 15 is 0 Å². The first-order valence-electron chi connectivity index (χ1n) is 20.0. The number of aliphatic carboxylic acids is 1. The van der Waals surface area contributed by atoms with E-state index < -0.39 is 23.5 Å². The number of ether oxygens (including phenoxy) is 1. The lowest BCUT2D eigenvalue weighted by Gasteiger charge is -2.27. The highest BCUT2D eigenvalue weighted by Gasteiger charge is 2.33. The van der Waals surface area contributed by atoms with E-state index in [0.29, 0.717) is 61.5 Å². The summed E-state index contributed by atoms with van der Waals surface area (Å²) < 4.78 is 5.93. The standard InChI is InChI=1S/C47H62ClN3O6/c1-4-5-6-7-8-9-10-11-12-13-14-15-16-17-18-19-20-21-22-26-43(52)49-36-24-23-25-42(45(54)55)51-46(56)47(2,3)57-41-33-27-38(28-34-41)35-37-50-44(53)39-29-31-40(48)32-30-39/h5-6,8-9,11-12,14-15,17-18,20-21,27-34,42H,4,7,10,13,16,19,22-26,35-37H2,1-3H3,(H,49,52)(H,50,53)(H,51,56)(H,54,55). The van der Waals surface area contributed by atoms with Crippen molar-refractivity contribution >= 4 is 35.3 Å². The fraction of sp³-hybridized carbons (Fsp3) is 0.404. The zero-order chi connectivity index (χ0) is 41.6. The first kappa shape index (κ1) is 48.0. The first-order chi connectivity index (χ1) is 27.5. The maximum absolute atomic E-state index is 13.1. The second-order valence-electron chi connectivity index (χ2n) is 13.9. The molecule has 0 heterocycles. The zero-order valence-electron chi connectivity index (χ0n) is 33.9. The summed E-state index contributed by atoms with van der Waals surface area (Å²) in [5.74, 6) is -1.47. The minimum atomic E-state index is -1.33. The lowest BCUT2D eigenvalue weighted by molar-refractivity contribution is -0.145. The molecule has 0 radical (unpaired) electrons. The van der Waals surface area contributed by atoms with Crippen LogP contribution >= 0.6 is 11.6 Å². The third kappa shape index (κ3) is 22.9. The maximum atomic E-state index is 13.1. The SMILES string of the molecule is CCC=CCC=CCC=CCC=CCC=CCC=CCCC(=O)NCCCCC(NC(=O)C(C)(C)Oc1ccc(CCNC(=O)c2ccc(Cl)cc2)cc1)C(=O)O. The number of carboxylic acid groups (broad SMARTS) is 1. The van der Waals surface area contributed by atoms with Crippen LogP contribution in [0.5, 0.6) is 5.75 Å². The molecule has 308 valence electrons. The topological polar surface area (TPSA) is 134 Å². The number of nitrogens with one attached hydrogen (secondary N) is 3. The van der Waals surface area contributed by atoms with Crippen molar-refractivity contribution in [2.24, 2.45) is 0 Å². The Morgan fingerprint density at radius 1 is 0.719 bits per heavy atom. The highest BCUT2D eigenvalue weighted by Crippen LogP contribution is 2.20. The monoisotopic (exact) mass is 799 g/mol. The quantitative estimate of drug-likeness (QED) is 0.0501. The summed E-state index contributed by atoms with van der Waals surface area (Å²) >= 11 is 5.88. The zero-order valence-corrected chi connectivity index (χ0v) is 34.6. The van der Waals surface area contributed by atoms with Gasteiger partial charge < -0.3 is 25.8 Å². The van der Waals surface area contributed by atoms with Crippen LogP contribution in [0.4, 0.5) is 0 Å². The number of benzene rings is 2. The van der Waals surface area contributed by atoms with E-state index in [2.05, 4.69) is 89.7 Å². The molecule has 0 aliphatic carbocycles. The van der Waals surface area contributed by atoms with E-state index in [4.69, 9.17) is 16.3 Å². The predicted octanol–water partition coefficient (Wildman–Crippen LogP) is 9.80. The maximum Gasteiger partial charge on any atom is 0.326 e. The van der Waals surface area contributed by atoms with Gasteiger partial charge in [0.05, 0.1) is 0 Å². The van der Waals surface area contributed by atoms with Gasteiger partial charge in [-0.3, -0.25) is 14.4 Å². The Morgan fingerprint density at radius 3 is 1.81 bits per heavy atom. The number of rotatable bonds is 28. The third-order valence-electron chi connectivity index (χ3n) is 8.63. The molecule has 2 rings (SSSR count). The molecule has 0 aliphatic rings. The molecule has 10 heteroatoms. The largest absolute Gasteiger partial charge is 0.480 e. The molecule has 0 spiro atoms. The Labute approximate surface area is 345 Å². The van der Waals surface area contributed by atoms with E-state index in [1.807, 2.05) is 18.2 Å². The van der Waals surface area contributed by atoms with Gasteiger partial charge in [-0.25, -0.2) is 4.79 Å². The molecule has 0 saturated carbocycles. The van der Waals surface area contributed by atoms with Crippen LogP contribution in [0.15, 0.2) is 121 Å². The van der Waals surface area contributed by atoms with Crippen LogP contribution < -0.4 is 20.7 Å². The molecule has 1 atom stereocenters. The van der Waals surface area contributed by atoms with Crippen molar-refractivity contribution in [3.63, 3.8) is 0 Å². The molecule has 0 fully saturated rings. The first-order valence-corrected chi connectivity index (χ1v) is 20.4. The summed E-state index contributed by atoms with van der Waals surface area (Å²) in [7, 11) is 0. The van der Waals surface area contributed by atoms with E-state index in [1.165, 1.54) is 0 Å². The van der Waals surface area contributed by atoms with E-state index in [0.717, 1.165) is 44.1 Å². The van der Waals surface area contributed by atoms with Gasteiger partial charge in [0.1, 0.15) is 11.8 Å². The van der Waals surface area contributed by atoms with Gasteiger partial charge in [0.2, 0.25) is 5.91 Å². The van der Waals surface area contributed by atoms with Gasteiger partial charge in [0.15, 0.2) is 5.60 Å². The van der Waals surface area contributed by atoms with Crippen LogP contribution in [-0.4, -0.2) is 53.5 Å². The molecule has 57 heavy (non-hydrogen) atoms. The van der Waals surface area contributed by atoms with Crippen LogP contribution in [0.3, 0.4) is 0 Å². The Bertz CT molecular complexity index is 1670. The van der Waals surface area contributed by atoms with Crippen LogP contribution in [0.25, 0.3) is 0 Å². The Balaban J connectivity index is 1.57. The number of hydrogen-bond donors (Lipinski definition) is 4. The Morgan fingerprint density at radius 2 is 1.26 bits per heavy atom. The second-order valence-corrected chi connectivity index (χ2v) is 14.4. The van der Waals surface area contributed by atoms with E-state index in [1.54, 1.807) is 50.2 Å². The number of amides is 3. The van der Waals surface area contributed by atoms with E-state index in [-0.39, 0.29) is 18.2 Å². The normalized spacial score (nSPS) is 12.7. The number of carbonyl (C=O) groups excluding carboxylic acids is 3. The molecule has 0 aliphatic heterocycles. The Hall–Kier alpha value is -5.15. The molecule has 0 aromatic heterocycles. The number of halogens is 1. The van der Waals surface area contributed by atoms with Crippen LogP contribution in [0.2, 0.25) is 5.02 Å². The van der Waals surface area contributed by atoms with Gasteiger partial charge in [-0.2, -0.15) is 0 Å². The number of hydrogen-bond acceptors (Lipinski definition) is 5. The van der Waals surface area contributed by atoms with Crippen LogP contribution in [0, 0.1) is 0 Å². The minimum absolute atomic E-state index is 0.0505. The van der Waals surface area contributed by atoms with Crippen molar-refractivity contribution in [3.8, 4) is 5.75 Å².